The second kappa shape index (κ2) is 6.51. The van der Waals surface area contributed by atoms with Crippen LogP contribution in [0, 0.1) is 10.1 Å². The number of nitrogens with one attached hydrogen (secondary N) is 2. The molecule has 0 spiro atoms. The molecular weight excluding hydrogens is 304 g/mol. The Kier molecular flexibility index (Phi) is 4.68. The number of nitro benzene ring substituents is 1. The van der Waals surface area contributed by atoms with Gasteiger partial charge in [-0.05, 0) is 20.8 Å². The second-order valence-corrected chi connectivity index (χ2v) is 5.81. The van der Waals surface area contributed by atoms with Gasteiger partial charge in [0.05, 0.1) is 23.2 Å². The smallest absolute Gasteiger partial charge is 0.407 e. The minimum atomic E-state index is -0.588. The Morgan fingerprint density at radius 1 is 1.43 bits per heavy atom. The predicted octanol–water partition coefficient (Wildman–Crippen LogP) is 2.37. The quantitative estimate of drug-likeness (QED) is 0.495. The first-order chi connectivity index (χ1) is 10.8. The lowest BCUT2D eigenvalue weighted by atomic mass is 10.2. The van der Waals surface area contributed by atoms with Gasteiger partial charge in [0.25, 0.3) is 0 Å². The summed E-state index contributed by atoms with van der Waals surface area (Å²) in [6.45, 7) is 5.50. The zero-order valence-corrected chi connectivity index (χ0v) is 13.1. The molecule has 0 bridgehead atoms. The number of ether oxygens (including phenoxy) is 2. The standard InChI is InChI=1S/C14H18N4O5/c1-14(2,3)23-13(19)15-4-5-22-12-7-10-9(8-16-17-10)6-11(12)18(20)21/h6-8H,4-5H2,1-3H3,(H,15,19)(H,16,17). The SMILES string of the molecule is CC(C)(C)OC(=O)NCCOc1cc2[nH]ncc2cc1[N+](=O)[O-]. The van der Waals surface area contributed by atoms with Crippen LogP contribution in [0.5, 0.6) is 5.75 Å². The summed E-state index contributed by atoms with van der Waals surface area (Å²) in [5.41, 5.74) is -0.114. The van der Waals surface area contributed by atoms with Gasteiger partial charge in [-0.25, -0.2) is 4.79 Å². The van der Waals surface area contributed by atoms with E-state index in [1.807, 2.05) is 0 Å². The summed E-state index contributed by atoms with van der Waals surface area (Å²) in [6.07, 6.45) is 0.926. The minimum Gasteiger partial charge on any atom is -0.485 e. The highest BCUT2D eigenvalue weighted by Gasteiger charge is 2.18. The highest BCUT2D eigenvalue weighted by atomic mass is 16.6. The Bertz CT molecular complexity index is 720. The maximum absolute atomic E-state index is 11.5. The Balaban J connectivity index is 1.95. The Morgan fingerprint density at radius 2 is 2.17 bits per heavy atom. The summed E-state index contributed by atoms with van der Waals surface area (Å²) in [6, 6.07) is 2.89. The number of hydrogen-bond donors (Lipinski definition) is 2. The molecule has 124 valence electrons. The minimum absolute atomic E-state index is 0.0692. The first-order valence-corrected chi connectivity index (χ1v) is 6.97. The molecule has 1 heterocycles. The van der Waals surface area contributed by atoms with E-state index < -0.39 is 16.6 Å². The summed E-state index contributed by atoms with van der Waals surface area (Å²) in [4.78, 5) is 22.0. The summed E-state index contributed by atoms with van der Waals surface area (Å²) >= 11 is 0. The molecule has 1 aromatic carbocycles. The van der Waals surface area contributed by atoms with Gasteiger partial charge in [0, 0.05) is 17.5 Å². The molecule has 0 saturated heterocycles. The molecule has 9 nitrogen and oxygen atoms in total. The topological polar surface area (TPSA) is 119 Å². The van der Waals surface area contributed by atoms with E-state index in [0.717, 1.165) is 0 Å². The van der Waals surface area contributed by atoms with E-state index in [1.165, 1.54) is 18.3 Å². The van der Waals surface area contributed by atoms with Crippen LogP contribution in [0.25, 0.3) is 10.9 Å². The van der Waals surface area contributed by atoms with Gasteiger partial charge >= 0.3 is 11.8 Å². The molecule has 0 radical (unpaired) electrons. The number of carbonyl (C=O) groups excluding carboxylic acids is 1. The number of alkyl carbamates (subject to hydrolysis) is 1. The van der Waals surface area contributed by atoms with Crippen molar-refractivity contribution in [3.63, 3.8) is 0 Å². The lowest BCUT2D eigenvalue weighted by molar-refractivity contribution is -0.385. The average molecular weight is 322 g/mol. The number of carbonyl (C=O) groups is 1. The number of aromatic amines is 1. The molecular formula is C14H18N4O5. The van der Waals surface area contributed by atoms with Gasteiger partial charge in [0.2, 0.25) is 0 Å². The number of H-pyrrole nitrogens is 1. The Hall–Kier alpha value is -2.84. The molecule has 0 aliphatic carbocycles. The van der Waals surface area contributed by atoms with Gasteiger partial charge in [-0.3, -0.25) is 15.2 Å². The highest BCUT2D eigenvalue weighted by molar-refractivity contribution is 5.83. The van der Waals surface area contributed by atoms with Gasteiger partial charge < -0.3 is 14.8 Å². The van der Waals surface area contributed by atoms with Crippen LogP contribution in [0.1, 0.15) is 20.8 Å². The zero-order chi connectivity index (χ0) is 17.0. The van der Waals surface area contributed by atoms with Crippen molar-refractivity contribution in [2.45, 2.75) is 26.4 Å². The predicted molar refractivity (Wildman–Crippen MR) is 82.5 cm³/mol. The van der Waals surface area contributed by atoms with Crippen molar-refractivity contribution in [2.75, 3.05) is 13.2 Å². The number of fused-ring (bicyclic) bond motifs is 1. The lowest BCUT2D eigenvalue weighted by Crippen LogP contribution is -2.34. The van der Waals surface area contributed by atoms with Crippen LogP contribution in [0.15, 0.2) is 18.3 Å². The molecule has 2 aromatic rings. The second-order valence-electron chi connectivity index (χ2n) is 5.81. The average Bonchev–Trinajstić information content (AvgIpc) is 2.87. The number of aromatic nitrogens is 2. The molecule has 2 N–H and O–H groups in total. The maximum Gasteiger partial charge on any atom is 0.407 e. The third-order valence-electron chi connectivity index (χ3n) is 2.74. The Labute approximate surface area is 132 Å². The van der Waals surface area contributed by atoms with Gasteiger partial charge in [-0.2, -0.15) is 5.10 Å². The van der Waals surface area contributed by atoms with E-state index in [1.54, 1.807) is 20.8 Å². The fourth-order valence-corrected chi connectivity index (χ4v) is 1.85. The summed E-state index contributed by atoms with van der Waals surface area (Å²) < 4.78 is 10.5. The molecule has 2 rings (SSSR count). The monoisotopic (exact) mass is 322 g/mol. The summed E-state index contributed by atoms with van der Waals surface area (Å²) in [7, 11) is 0. The molecule has 0 aliphatic rings. The van der Waals surface area contributed by atoms with Crippen molar-refractivity contribution in [3.8, 4) is 5.75 Å². The van der Waals surface area contributed by atoms with E-state index in [-0.39, 0.29) is 24.6 Å². The van der Waals surface area contributed by atoms with Crippen LogP contribution >= 0.6 is 0 Å². The normalized spacial score (nSPS) is 11.3. The lowest BCUT2D eigenvalue weighted by Gasteiger charge is -2.19. The van der Waals surface area contributed by atoms with Gasteiger partial charge in [0.15, 0.2) is 5.75 Å². The van der Waals surface area contributed by atoms with E-state index in [4.69, 9.17) is 9.47 Å². The van der Waals surface area contributed by atoms with Gasteiger partial charge in [-0.15, -0.1) is 0 Å². The first-order valence-electron chi connectivity index (χ1n) is 6.97. The van der Waals surface area contributed by atoms with Crippen LogP contribution in [0.3, 0.4) is 0 Å². The highest BCUT2D eigenvalue weighted by Crippen LogP contribution is 2.31. The van der Waals surface area contributed by atoms with Gasteiger partial charge in [-0.1, -0.05) is 0 Å². The van der Waals surface area contributed by atoms with E-state index in [0.29, 0.717) is 10.9 Å². The molecule has 0 atom stereocenters. The van der Waals surface area contributed by atoms with Gasteiger partial charge in [0.1, 0.15) is 12.2 Å². The zero-order valence-electron chi connectivity index (χ0n) is 13.1. The van der Waals surface area contributed by atoms with E-state index in [2.05, 4.69) is 15.5 Å². The van der Waals surface area contributed by atoms with Crippen LogP contribution in [-0.4, -0.2) is 40.0 Å². The fraction of sp³-hybridized carbons (Fsp3) is 0.429. The molecule has 0 fully saturated rings. The molecule has 0 unspecified atom stereocenters. The molecule has 23 heavy (non-hydrogen) atoms. The molecule has 0 aliphatic heterocycles. The van der Waals surface area contributed by atoms with Crippen molar-refractivity contribution in [3.05, 3.63) is 28.4 Å². The Morgan fingerprint density at radius 3 is 2.83 bits per heavy atom. The number of amides is 1. The number of hydrogen-bond acceptors (Lipinski definition) is 6. The third-order valence-corrected chi connectivity index (χ3v) is 2.74. The van der Waals surface area contributed by atoms with E-state index >= 15 is 0 Å². The van der Waals surface area contributed by atoms with Crippen molar-refractivity contribution in [1.29, 1.82) is 0 Å². The number of nitrogens with zero attached hydrogens (tertiary/aromatic N) is 2. The third kappa shape index (κ3) is 4.56. The van der Waals surface area contributed by atoms with Crippen LogP contribution < -0.4 is 10.1 Å². The largest absolute Gasteiger partial charge is 0.485 e. The molecule has 1 amide bonds. The molecule has 0 saturated carbocycles. The van der Waals surface area contributed by atoms with Crippen LogP contribution in [-0.2, 0) is 4.74 Å². The first kappa shape index (κ1) is 16.5. The number of nitro groups is 1. The van der Waals surface area contributed by atoms with E-state index in [9.17, 15) is 14.9 Å². The summed E-state index contributed by atoms with van der Waals surface area (Å²) in [5, 5.41) is 20.8. The van der Waals surface area contributed by atoms with Crippen molar-refractivity contribution in [2.24, 2.45) is 0 Å². The van der Waals surface area contributed by atoms with Crippen molar-refractivity contribution < 1.29 is 19.2 Å². The maximum atomic E-state index is 11.5. The van der Waals surface area contributed by atoms with Crippen molar-refractivity contribution >= 4 is 22.7 Å². The van der Waals surface area contributed by atoms with Crippen LogP contribution in [0.4, 0.5) is 10.5 Å². The molecule has 9 heteroatoms. The molecule has 1 aromatic heterocycles. The number of benzene rings is 1. The van der Waals surface area contributed by atoms with Crippen LogP contribution in [0.2, 0.25) is 0 Å². The number of rotatable bonds is 5. The van der Waals surface area contributed by atoms with Crippen molar-refractivity contribution in [1.82, 2.24) is 15.5 Å². The fourth-order valence-electron chi connectivity index (χ4n) is 1.85. The summed E-state index contributed by atoms with van der Waals surface area (Å²) in [5.74, 6) is 0.109.